The summed E-state index contributed by atoms with van der Waals surface area (Å²) in [6.07, 6.45) is 18.2. The van der Waals surface area contributed by atoms with E-state index in [0.29, 0.717) is 42.0 Å². The van der Waals surface area contributed by atoms with Crippen LogP contribution in [0.15, 0.2) is 85.7 Å². The van der Waals surface area contributed by atoms with Crippen molar-refractivity contribution >= 4 is 34.1 Å². The Kier molecular flexibility index (Phi) is 8.71. The molecule has 1 aliphatic carbocycles. The Morgan fingerprint density at radius 3 is 2.21 bits per heavy atom. The third-order valence-electron chi connectivity index (χ3n) is 10.6. The first-order chi connectivity index (χ1) is 24.9. The number of allylic oxidation sites excluding steroid dienone is 3. The highest BCUT2D eigenvalue weighted by Gasteiger charge is 2.54. The van der Waals surface area contributed by atoms with Gasteiger partial charge in [-0.05, 0) is 116 Å². The lowest BCUT2D eigenvalue weighted by Crippen LogP contribution is -2.38. The van der Waals surface area contributed by atoms with Gasteiger partial charge < -0.3 is 37.3 Å². The summed E-state index contributed by atoms with van der Waals surface area (Å²) < 4.78 is 49.3. The van der Waals surface area contributed by atoms with E-state index >= 15 is 0 Å². The predicted octanol–water partition coefficient (Wildman–Crippen LogP) is 9.45. The standard InChI is InChI=1S/C43H46O9/c1-26(10-13-36-41(3,4)50-36)18-22-47-40-31-16-20-43(49-35(31)25-33-32(40)19-23-45-33)51-37(42(5,6)52-43)14-11-27(2)17-21-46-39-29-9-7-8-28(29)24-34-30(39)12-15-38(44)48-34/h7,9,12,15-20,23-25,36-37H,8,10-11,13-14,21-22H2,1-6H3/b26-18+,27-17+/t36?,37-,43-/m1/s1. The second-order valence-electron chi connectivity index (χ2n) is 15.4. The summed E-state index contributed by atoms with van der Waals surface area (Å²) in [4.78, 5) is 11.9. The SMILES string of the molecule is C/C(=C\COc1c2c(cc3occc13)O[C@]1(C=C2)O[C@H](CC/C(C)=C/COc2c3c(cc4oc(=O)ccc24)CC=C3)C(C)(C)O1)CCC1OC1(C)C. The highest BCUT2D eigenvalue weighted by atomic mass is 16.9. The molecule has 5 heterocycles. The maximum Gasteiger partial charge on any atom is 0.350 e. The van der Waals surface area contributed by atoms with Gasteiger partial charge in [0.25, 0.3) is 0 Å². The first-order valence-electron chi connectivity index (χ1n) is 18.2. The summed E-state index contributed by atoms with van der Waals surface area (Å²) in [5, 5.41) is 1.67. The Bertz CT molecular complexity index is 2210. The number of ether oxygens (including phenoxy) is 6. The van der Waals surface area contributed by atoms with Crippen molar-refractivity contribution < 1.29 is 37.3 Å². The van der Waals surface area contributed by atoms with Crippen LogP contribution < -0.4 is 19.8 Å². The zero-order valence-electron chi connectivity index (χ0n) is 30.7. The van der Waals surface area contributed by atoms with Gasteiger partial charge in [-0.2, -0.15) is 0 Å². The smallest absolute Gasteiger partial charge is 0.350 e. The van der Waals surface area contributed by atoms with Crippen molar-refractivity contribution in [2.24, 2.45) is 0 Å². The molecule has 1 unspecified atom stereocenters. The molecule has 8 rings (SSSR count). The molecule has 3 aliphatic heterocycles. The van der Waals surface area contributed by atoms with Crippen LogP contribution >= 0.6 is 0 Å². The van der Waals surface area contributed by atoms with Crippen LogP contribution in [-0.4, -0.2) is 42.6 Å². The van der Waals surface area contributed by atoms with E-state index in [4.69, 9.17) is 37.3 Å². The van der Waals surface area contributed by atoms with Gasteiger partial charge in [0.15, 0.2) is 0 Å². The number of fused-ring (bicyclic) bond motifs is 4. The zero-order chi connectivity index (χ0) is 36.3. The van der Waals surface area contributed by atoms with Gasteiger partial charge >= 0.3 is 11.6 Å². The van der Waals surface area contributed by atoms with Crippen LogP contribution in [0.1, 0.15) is 83.9 Å². The van der Waals surface area contributed by atoms with Crippen molar-refractivity contribution in [1.82, 2.24) is 0 Å². The quantitative estimate of drug-likeness (QED) is 0.0810. The highest BCUT2D eigenvalue weighted by molar-refractivity contribution is 5.92. The average Bonchev–Trinajstić information content (AvgIpc) is 3.49. The molecule has 2 aromatic carbocycles. The Labute approximate surface area is 303 Å². The van der Waals surface area contributed by atoms with Crippen molar-refractivity contribution in [2.75, 3.05) is 13.2 Å². The molecule has 9 heteroatoms. The minimum absolute atomic E-state index is 0.00525. The minimum atomic E-state index is -1.37. The number of hydrogen-bond donors (Lipinski definition) is 0. The summed E-state index contributed by atoms with van der Waals surface area (Å²) in [7, 11) is 0. The van der Waals surface area contributed by atoms with Crippen LogP contribution in [0.5, 0.6) is 17.2 Å². The normalized spacial score (nSPS) is 24.0. The van der Waals surface area contributed by atoms with E-state index in [0.717, 1.165) is 65.3 Å². The topological polar surface area (TPSA) is 102 Å². The lowest BCUT2D eigenvalue weighted by atomic mass is 9.96. The first kappa shape index (κ1) is 34.5. The van der Waals surface area contributed by atoms with E-state index in [1.165, 1.54) is 17.2 Å². The van der Waals surface area contributed by atoms with Crippen LogP contribution in [0.2, 0.25) is 0 Å². The second-order valence-corrected chi connectivity index (χ2v) is 15.4. The van der Waals surface area contributed by atoms with Crippen LogP contribution in [0.3, 0.4) is 0 Å². The van der Waals surface area contributed by atoms with Crippen molar-refractivity contribution in [2.45, 2.75) is 103 Å². The molecule has 0 radical (unpaired) electrons. The van der Waals surface area contributed by atoms with Crippen LogP contribution in [0.25, 0.3) is 34.1 Å². The number of rotatable bonds is 12. The van der Waals surface area contributed by atoms with Gasteiger partial charge in [0.1, 0.15) is 41.6 Å². The van der Waals surface area contributed by atoms with E-state index in [9.17, 15) is 4.79 Å². The van der Waals surface area contributed by atoms with E-state index in [1.807, 2.05) is 44.2 Å². The van der Waals surface area contributed by atoms with Gasteiger partial charge in [0, 0.05) is 23.8 Å². The molecule has 0 saturated carbocycles. The first-order valence-corrected chi connectivity index (χ1v) is 18.2. The number of furan rings is 1. The van der Waals surface area contributed by atoms with Crippen molar-refractivity contribution in [1.29, 1.82) is 0 Å². The monoisotopic (exact) mass is 706 g/mol. The van der Waals surface area contributed by atoms with Gasteiger partial charge in [0.2, 0.25) is 0 Å². The maximum absolute atomic E-state index is 11.9. The maximum atomic E-state index is 11.9. The summed E-state index contributed by atoms with van der Waals surface area (Å²) in [5.41, 5.74) is 5.61. The molecule has 0 amide bonds. The Morgan fingerprint density at radius 1 is 0.827 bits per heavy atom. The number of benzene rings is 2. The van der Waals surface area contributed by atoms with E-state index in [1.54, 1.807) is 12.3 Å². The summed E-state index contributed by atoms with van der Waals surface area (Å²) >= 11 is 0. The minimum Gasteiger partial charge on any atom is -0.488 e. The van der Waals surface area contributed by atoms with Crippen LogP contribution in [-0.2, 0) is 20.6 Å². The molecule has 52 heavy (non-hydrogen) atoms. The molecule has 2 fully saturated rings. The third kappa shape index (κ3) is 6.73. The van der Waals surface area contributed by atoms with Crippen molar-refractivity contribution in [3.63, 3.8) is 0 Å². The number of hydrogen-bond acceptors (Lipinski definition) is 9. The van der Waals surface area contributed by atoms with E-state index < -0.39 is 11.6 Å². The van der Waals surface area contributed by atoms with E-state index in [-0.39, 0.29) is 17.3 Å². The van der Waals surface area contributed by atoms with Crippen LogP contribution in [0.4, 0.5) is 0 Å². The third-order valence-corrected chi connectivity index (χ3v) is 10.6. The number of epoxide rings is 1. The molecule has 4 aromatic rings. The van der Waals surface area contributed by atoms with Crippen molar-refractivity contribution in [3.05, 3.63) is 99.2 Å². The molecular weight excluding hydrogens is 660 g/mol. The Balaban J connectivity index is 0.915. The molecule has 2 aromatic heterocycles. The van der Waals surface area contributed by atoms with Gasteiger partial charge in [-0.25, -0.2) is 4.79 Å². The Hall–Kier alpha value is -4.57. The van der Waals surface area contributed by atoms with Gasteiger partial charge in [-0.15, -0.1) is 0 Å². The fourth-order valence-electron chi connectivity index (χ4n) is 7.42. The lowest BCUT2D eigenvalue weighted by Gasteiger charge is -2.30. The molecule has 272 valence electrons. The molecule has 1 spiro atoms. The Morgan fingerprint density at radius 2 is 1.50 bits per heavy atom. The summed E-state index contributed by atoms with van der Waals surface area (Å²) in [6.45, 7) is 13.4. The second kappa shape index (κ2) is 13.1. The predicted molar refractivity (Wildman–Crippen MR) is 200 cm³/mol. The van der Waals surface area contributed by atoms with Crippen molar-refractivity contribution in [3.8, 4) is 17.2 Å². The molecular formula is C43H46O9. The average molecular weight is 707 g/mol. The largest absolute Gasteiger partial charge is 0.488 e. The van der Waals surface area contributed by atoms with Gasteiger partial charge in [0.05, 0.1) is 46.0 Å². The van der Waals surface area contributed by atoms with E-state index in [2.05, 4.69) is 52.0 Å². The molecule has 4 aliphatic rings. The molecule has 3 atom stereocenters. The van der Waals surface area contributed by atoms with Gasteiger partial charge in [-0.3, -0.25) is 0 Å². The van der Waals surface area contributed by atoms with Crippen LogP contribution in [0, 0.1) is 0 Å². The molecule has 0 bridgehead atoms. The molecule has 9 nitrogen and oxygen atoms in total. The summed E-state index contributed by atoms with van der Waals surface area (Å²) in [6, 6.07) is 8.92. The fraction of sp³-hybridized carbons (Fsp3) is 0.419. The molecule has 2 saturated heterocycles. The lowest BCUT2D eigenvalue weighted by molar-refractivity contribution is -0.270. The van der Waals surface area contributed by atoms with Gasteiger partial charge in [-0.1, -0.05) is 23.3 Å². The zero-order valence-corrected chi connectivity index (χ0v) is 30.7. The summed E-state index contributed by atoms with van der Waals surface area (Å²) in [5.74, 6) is 0.648. The molecule has 0 N–H and O–H groups in total. The highest BCUT2D eigenvalue weighted by Crippen LogP contribution is 2.48. The fourth-order valence-corrected chi connectivity index (χ4v) is 7.42.